The molecule has 26 heavy (non-hydrogen) atoms. The van der Waals surface area contributed by atoms with Gasteiger partial charge in [0.25, 0.3) is 5.91 Å². The molecule has 1 fully saturated rings. The number of aromatic amines is 1. The van der Waals surface area contributed by atoms with Crippen molar-refractivity contribution in [3.63, 3.8) is 0 Å². The van der Waals surface area contributed by atoms with Crippen LogP contribution >= 0.6 is 0 Å². The number of fused-ring (bicyclic) bond motifs is 1. The second-order valence-corrected chi connectivity index (χ2v) is 9.18. The van der Waals surface area contributed by atoms with Crippen molar-refractivity contribution in [2.24, 2.45) is 5.92 Å². The van der Waals surface area contributed by atoms with Crippen molar-refractivity contribution in [2.45, 2.75) is 31.1 Å². The first-order valence-electron chi connectivity index (χ1n) is 8.81. The van der Waals surface area contributed by atoms with Gasteiger partial charge in [0, 0.05) is 24.1 Å². The summed E-state index contributed by atoms with van der Waals surface area (Å²) in [5.41, 5.74) is 3.85. The minimum atomic E-state index is -3.34. The smallest absolute Gasteiger partial charge is 0.253 e. The van der Waals surface area contributed by atoms with Gasteiger partial charge >= 0.3 is 0 Å². The SMILES string of the molecule is Cc1[nH]c(-c2cc(S(C)(=O)=O)ccc2OCC2CC2)c2c1C(=O)NCC2. The summed E-state index contributed by atoms with van der Waals surface area (Å²) in [6.45, 7) is 3.06. The molecule has 1 aromatic carbocycles. The first-order valence-corrected chi connectivity index (χ1v) is 10.7. The number of sulfone groups is 1. The number of hydrogen-bond donors (Lipinski definition) is 2. The molecule has 0 spiro atoms. The van der Waals surface area contributed by atoms with E-state index in [1.165, 1.54) is 19.1 Å². The number of aryl methyl sites for hydroxylation is 1. The lowest BCUT2D eigenvalue weighted by molar-refractivity contribution is 0.0946. The molecule has 2 aromatic rings. The van der Waals surface area contributed by atoms with E-state index >= 15 is 0 Å². The van der Waals surface area contributed by atoms with Gasteiger partial charge < -0.3 is 15.0 Å². The quantitative estimate of drug-likeness (QED) is 0.841. The van der Waals surface area contributed by atoms with Gasteiger partial charge in [-0.25, -0.2) is 8.42 Å². The zero-order chi connectivity index (χ0) is 18.5. The third-order valence-corrected chi connectivity index (χ3v) is 6.11. The first-order chi connectivity index (χ1) is 12.3. The molecule has 0 unspecified atom stereocenters. The van der Waals surface area contributed by atoms with Gasteiger partial charge in [0.1, 0.15) is 5.75 Å². The molecule has 7 heteroatoms. The van der Waals surface area contributed by atoms with Crippen molar-refractivity contribution < 1.29 is 17.9 Å². The zero-order valence-electron chi connectivity index (χ0n) is 14.9. The zero-order valence-corrected chi connectivity index (χ0v) is 15.7. The highest BCUT2D eigenvalue weighted by Crippen LogP contribution is 2.38. The van der Waals surface area contributed by atoms with Gasteiger partial charge in [-0.2, -0.15) is 0 Å². The molecule has 1 aliphatic carbocycles. The monoisotopic (exact) mass is 374 g/mol. The number of carbonyl (C=O) groups excluding carboxylic acids is 1. The van der Waals surface area contributed by atoms with Gasteiger partial charge in [-0.3, -0.25) is 4.79 Å². The van der Waals surface area contributed by atoms with E-state index < -0.39 is 9.84 Å². The van der Waals surface area contributed by atoms with Crippen LogP contribution in [0.2, 0.25) is 0 Å². The third-order valence-electron chi connectivity index (χ3n) is 5.00. The Bertz CT molecular complexity index is 987. The normalized spacial score (nSPS) is 16.9. The maximum absolute atomic E-state index is 12.2. The maximum atomic E-state index is 12.2. The molecule has 1 saturated carbocycles. The Labute approximate surface area is 152 Å². The summed E-state index contributed by atoms with van der Waals surface area (Å²) in [7, 11) is -3.34. The van der Waals surface area contributed by atoms with Gasteiger partial charge in [-0.05, 0) is 55.9 Å². The second-order valence-electron chi connectivity index (χ2n) is 7.17. The van der Waals surface area contributed by atoms with Gasteiger partial charge in [0.05, 0.1) is 22.8 Å². The summed E-state index contributed by atoms with van der Waals surface area (Å²) in [5, 5.41) is 2.86. The summed E-state index contributed by atoms with van der Waals surface area (Å²) in [5.74, 6) is 1.15. The van der Waals surface area contributed by atoms with Gasteiger partial charge in [0.2, 0.25) is 0 Å². The summed E-state index contributed by atoms with van der Waals surface area (Å²) < 4.78 is 30.1. The van der Waals surface area contributed by atoms with E-state index in [-0.39, 0.29) is 10.8 Å². The number of amides is 1. The topological polar surface area (TPSA) is 88.3 Å². The number of aromatic nitrogens is 1. The van der Waals surface area contributed by atoms with Crippen LogP contribution in [0.3, 0.4) is 0 Å². The predicted octanol–water partition coefficient (Wildman–Crippen LogP) is 2.47. The Kier molecular flexibility index (Phi) is 4.06. The van der Waals surface area contributed by atoms with Crippen LogP contribution in [0.5, 0.6) is 5.75 Å². The number of ether oxygens (including phenoxy) is 1. The lowest BCUT2D eigenvalue weighted by Gasteiger charge is -2.17. The molecule has 1 amide bonds. The number of hydrogen-bond acceptors (Lipinski definition) is 4. The standard InChI is InChI=1S/C19H22N2O4S/c1-11-17-14(7-8-20-19(17)22)18(21-11)15-9-13(26(2,23)24)5-6-16(15)25-10-12-3-4-12/h5-6,9,12,21H,3-4,7-8,10H2,1-2H3,(H,20,22). The van der Waals surface area contributed by atoms with Crippen molar-refractivity contribution in [1.29, 1.82) is 0 Å². The van der Waals surface area contributed by atoms with Crippen molar-refractivity contribution in [1.82, 2.24) is 10.3 Å². The highest BCUT2D eigenvalue weighted by molar-refractivity contribution is 7.90. The van der Waals surface area contributed by atoms with Crippen LogP contribution in [-0.4, -0.2) is 38.7 Å². The molecule has 0 saturated heterocycles. The Balaban J connectivity index is 1.85. The van der Waals surface area contributed by atoms with Crippen molar-refractivity contribution in [3.8, 4) is 17.0 Å². The van der Waals surface area contributed by atoms with Gasteiger partial charge in [-0.1, -0.05) is 0 Å². The summed E-state index contributed by atoms with van der Waals surface area (Å²) >= 11 is 0. The molecule has 1 aliphatic heterocycles. The Morgan fingerprint density at radius 3 is 2.73 bits per heavy atom. The van der Waals surface area contributed by atoms with E-state index in [2.05, 4.69) is 10.3 Å². The summed E-state index contributed by atoms with van der Waals surface area (Å²) in [6, 6.07) is 4.95. The van der Waals surface area contributed by atoms with Crippen LogP contribution < -0.4 is 10.1 Å². The number of benzene rings is 1. The fourth-order valence-electron chi connectivity index (χ4n) is 3.41. The van der Waals surface area contributed by atoms with Gasteiger partial charge in [-0.15, -0.1) is 0 Å². The van der Waals surface area contributed by atoms with Crippen LogP contribution in [0.15, 0.2) is 23.1 Å². The maximum Gasteiger partial charge on any atom is 0.253 e. The van der Waals surface area contributed by atoms with E-state index in [0.717, 1.165) is 17.0 Å². The minimum absolute atomic E-state index is 0.0917. The average Bonchev–Trinajstić information content (AvgIpc) is 3.35. The van der Waals surface area contributed by atoms with Crippen LogP contribution in [0.25, 0.3) is 11.3 Å². The highest BCUT2D eigenvalue weighted by Gasteiger charge is 2.28. The predicted molar refractivity (Wildman–Crippen MR) is 98.3 cm³/mol. The molecule has 0 atom stereocenters. The Morgan fingerprint density at radius 1 is 1.27 bits per heavy atom. The molecule has 0 radical (unpaired) electrons. The van der Waals surface area contributed by atoms with Crippen molar-refractivity contribution >= 4 is 15.7 Å². The molecule has 4 rings (SSSR count). The lowest BCUT2D eigenvalue weighted by atomic mass is 9.97. The molecular weight excluding hydrogens is 352 g/mol. The number of carbonyl (C=O) groups is 1. The fraction of sp³-hybridized carbons (Fsp3) is 0.421. The summed E-state index contributed by atoms with van der Waals surface area (Å²) in [4.78, 5) is 15.8. The summed E-state index contributed by atoms with van der Waals surface area (Å²) in [6.07, 6.45) is 4.24. The average molecular weight is 374 g/mol. The fourth-order valence-corrected chi connectivity index (χ4v) is 4.05. The van der Waals surface area contributed by atoms with Crippen molar-refractivity contribution in [3.05, 3.63) is 35.0 Å². The second kappa shape index (κ2) is 6.16. The van der Waals surface area contributed by atoms with Crippen LogP contribution in [-0.2, 0) is 16.3 Å². The molecule has 6 nitrogen and oxygen atoms in total. The Morgan fingerprint density at radius 2 is 2.04 bits per heavy atom. The lowest BCUT2D eigenvalue weighted by Crippen LogP contribution is -2.31. The minimum Gasteiger partial charge on any atom is -0.493 e. The third kappa shape index (κ3) is 3.11. The van der Waals surface area contributed by atoms with Gasteiger partial charge in [0.15, 0.2) is 9.84 Å². The molecule has 2 aliphatic rings. The van der Waals surface area contributed by atoms with E-state index in [1.807, 2.05) is 6.92 Å². The Hall–Kier alpha value is -2.28. The number of rotatable bonds is 5. The molecule has 0 bridgehead atoms. The van der Waals surface area contributed by atoms with Crippen LogP contribution in [0, 0.1) is 12.8 Å². The molecule has 2 N–H and O–H groups in total. The first kappa shape index (κ1) is 17.1. The number of H-pyrrole nitrogens is 1. The van der Waals surface area contributed by atoms with E-state index in [9.17, 15) is 13.2 Å². The van der Waals surface area contributed by atoms with E-state index in [4.69, 9.17) is 4.74 Å². The molecular formula is C19H22N2O4S. The van der Waals surface area contributed by atoms with E-state index in [1.54, 1.807) is 18.2 Å². The van der Waals surface area contributed by atoms with Crippen LogP contribution in [0.1, 0.15) is 34.5 Å². The largest absolute Gasteiger partial charge is 0.493 e. The van der Waals surface area contributed by atoms with E-state index in [0.29, 0.717) is 42.4 Å². The number of nitrogens with one attached hydrogen (secondary N) is 2. The van der Waals surface area contributed by atoms with Crippen molar-refractivity contribution in [2.75, 3.05) is 19.4 Å². The molecule has 2 heterocycles. The molecule has 138 valence electrons. The van der Waals surface area contributed by atoms with Crippen LogP contribution in [0.4, 0.5) is 0 Å². The highest BCUT2D eigenvalue weighted by atomic mass is 32.2. The molecule has 1 aromatic heterocycles.